The zero-order valence-electron chi connectivity index (χ0n) is 8.62. The summed E-state index contributed by atoms with van der Waals surface area (Å²) in [7, 11) is 0. The number of hydrogen-bond donors (Lipinski definition) is 1. The molecule has 0 spiro atoms. The summed E-state index contributed by atoms with van der Waals surface area (Å²) in [5.74, 6) is 0.935. The molecule has 76 valence electrons. The molecule has 0 amide bonds. The fourth-order valence-corrected chi connectivity index (χ4v) is 1.37. The van der Waals surface area contributed by atoms with E-state index in [1.165, 1.54) is 0 Å². The highest BCUT2D eigenvalue weighted by Gasteiger charge is 2.02. The average Bonchev–Trinajstić information content (AvgIpc) is 2.21. The Labute approximate surface area is 85.4 Å². The third-order valence-electron chi connectivity index (χ3n) is 2.02. The minimum atomic E-state index is 0.566. The second-order valence-corrected chi connectivity index (χ2v) is 3.07. The van der Waals surface area contributed by atoms with Crippen LogP contribution in [0.25, 0.3) is 0 Å². The maximum Gasteiger partial charge on any atom is 0.122 e. The van der Waals surface area contributed by atoms with Crippen LogP contribution in [0.4, 0.5) is 0 Å². The second kappa shape index (κ2) is 5.45. The van der Waals surface area contributed by atoms with Crippen LogP contribution in [0.2, 0.25) is 0 Å². The van der Waals surface area contributed by atoms with Gasteiger partial charge in [-0.2, -0.15) is 0 Å². The molecule has 0 unspecified atom stereocenters. The number of ether oxygens (including phenoxy) is 1. The molecule has 0 heterocycles. The van der Waals surface area contributed by atoms with Crippen molar-refractivity contribution in [3.8, 4) is 5.75 Å². The van der Waals surface area contributed by atoms with Gasteiger partial charge in [-0.05, 0) is 30.5 Å². The summed E-state index contributed by atoms with van der Waals surface area (Å²) in [6, 6.07) is 6.05. The highest BCUT2D eigenvalue weighted by molar-refractivity contribution is 5.38. The summed E-state index contributed by atoms with van der Waals surface area (Å²) in [4.78, 5) is 0. The van der Waals surface area contributed by atoms with Gasteiger partial charge < -0.3 is 10.5 Å². The third kappa shape index (κ3) is 2.60. The summed E-state index contributed by atoms with van der Waals surface area (Å²) in [6.07, 6.45) is 2.70. The van der Waals surface area contributed by atoms with E-state index in [9.17, 15) is 0 Å². The molecule has 14 heavy (non-hydrogen) atoms. The Morgan fingerprint density at radius 2 is 2.29 bits per heavy atom. The summed E-state index contributed by atoms with van der Waals surface area (Å²) < 4.78 is 5.50. The molecular formula is C12H17NO. The summed E-state index contributed by atoms with van der Waals surface area (Å²) in [5, 5.41) is 0. The van der Waals surface area contributed by atoms with Crippen molar-refractivity contribution in [1.82, 2.24) is 0 Å². The van der Waals surface area contributed by atoms with E-state index in [0.29, 0.717) is 13.2 Å². The van der Waals surface area contributed by atoms with Gasteiger partial charge in [-0.25, -0.2) is 0 Å². The van der Waals surface area contributed by atoms with Crippen LogP contribution in [-0.2, 0) is 13.0 Å². The van der Waals surface area contributed by atoms with Crippen molar-refractivity contribution in [2.24, 2.45) is 5.73 Å². The lowest BCUT2D eigenvalue weighted by atomic mass is 10.1. The zero-order chi connectivity index (χ0) is 10.4. The number of benzene rings is 1. The molecule has 0 aliphatic rings. The molecule has 2 N–H and O–H groups in total. The highest BCUT2D eigenvalue weighted by atomic mass is 16.5. The molecule has 0 bridgehead atoms. The lowest BCUT2D eigenvalue weighted by Crippen LogP contribution is -2.00. The van der Waals surface area contributed by atoms with Gasteiger partial charge >= 0.3 is 0 Å². The first-order chi connectivity index (χ1) is 6.81. The van der Waals surface area contributed by atoms with Gasteiger partial charge in [-0.3, -0.25) is 0 Å². The van der Waals surface area contributed by atoms with E-state index < -0.39 is 0 Å². The molecule has 0 saturated carbocycles. The smallest absolute Gasteiger partial charge is 0.122 e. The van der Waals surface area contributed by atoms with Crippen LogP contribution in [0.5, 0.6) is 5.75 Å². The largest absolute Gasteiger partial charge is 0.494 e. The zero-order valence-corrected chi connectivity index (χ0v) is 8.62. The van der Waals surface area contributed by atoms with E-state index in [4.69, 9.17) is 10.5 Å². The molecule has 2 heteroatoms. The minimum absolute atomic E-state index is 0.566. The number of nitrogens with two attached hydrogens (primary N) is 1. The Bertz CT molecular complexity index is 307. The molecule has 1 aromatic carbocycles. The lowest BCUT2D eigenvalue weighted by Gasteiger charge is -2.10. The number of allylic oxidation sites excluding steroid dienone is 1. The number of rotatable bonds is 5. The van der Waals surface area contributed by atoms with Crippen LogP contribution in [0.1, 0.15) is 18.1 Å². The van der Waals surface area contributed by atoms with Crippen molar-refractivity contribution in [2.75, 3.05) is 6.61 Å². The first-order valence-corrected chi connectivity index (χ1v) is 4.87. The van der Waals surface area contributed by atoms with Gasteiger partial charge in [0, 0.05) is 6.54 Å². The van der Waals surface area contributed by atoms with Gasteiger partial charge in [-0.15, -0.1) is 6.58 Å². The molecule has 1 aromatic rings. The molecule has 0 saturated heterocycles. The van der Waals surface area contributed by atoms with E-state index in [1.807, 2.05) is 25.1 Å². The first-order valence-electron chi connectivity index (χ1n) is 4.87. The van der Waals surface area contributed by atoms with Crippen LogP contribution in [0, 0.1) is 0 Å². The predicted molar refractivity (Wildman–Crippen MR) is 59.4 cm³/mol. The Kier molecular flexibility index (Phi) is 4.20. The predicted octanol–water partition coefficient (Wildman–Crippen LogP) is 2.27. The van der Waals surface area contributed by atoms with Crippen LogP contribution < -0.4 is 10.5 Å². The van der Waals surface area contributed by atoms with E-state index in [0.717, 1.165) is 23.3 Å². The van der Waals surface area contributed by atoms with Crippen molar-refractivity contribution in [2.45, 2.75) is 19.9 Å². The summed E-state index contributed by atoms with van der Waals surface area (Å²) in [6.45, 7) is 6.96. The SMILES string of the molecule is C=CCc1cc(CN)ccc1OCC. The van der Waals surface area contributed by atoms with Gasteiger partial charge in [0.05, 0.1) is 6.61 Å². The molecule has 0 radical (unpaired) electrons. The van der Waals surface area contributed by atoms with E-state index >= 15 is 0 Å². The van der Waals surface area contributed by atoms with Gasteiger partial charge in [0.1, 0.15) is 5.75 Å². The molecule has 0 aliphatic heterocycles. The Morgan fingerprint density at radius 1 is 1.50 bits per heavy atom. The van der Waals surface area contributed by atoms with E-state index in [1.54, 1.807) is 0 Å². The maximum atomic E-state index is 5.57. The molecule has 1 rings (SSSR count). The van der Waals surface area contributed by atoms with Crippen LogP contribution >= 0.6 is 0 Å². The van der Waals surface area contributed by atoms with Gasteiger partial charge in [0.2, 0.25) is 0 Å². The number of hydrogen-bond acceptors (Lipinski definition) is 2. The summed E-state index contributed by atoms with van der Waals surface area (Å²) >= 11 is 0. The van der Waals surface area contributed by atoms with Crippen molar-refractivity contribution in [1.29, 1.82) is 0 Å². The van der Waals surface area contributed by atoms with Gasteiger partial charge in [0.25, 0.3) is 0 Å². The molecule has 0 atom stereocenters. The van der Waals surface area contributed by atoms with E-state index in [-0.39, 0.29) is 0 Å². The fourth-order valence-electron chi connectivity index (χ4n) is 1.37. The molecule has 0 fully saturated rings. The monoisotopic (exact) mass is 191 g/mol. The highest BCUT2D eigenvalue weighted by Crippen LogP contribution is 2.20. The fraction of sp³-hybridized carbons (Fsp3) is 0.333. The molecule has 0 aromatic heterocycles. The van der Waals surface area contributed by atoms with Crippen LogP contribution in [-0.4, -0.2) is 6.61 Å². The second-order valence-electron chi connectivity index (χ2n) is 3.07. The van der Waals surface area contributed by atoms with Crippen LogP contribution in [0.15, 0.2) is 30.9 Å². The van der Waals surface area contributed by atoms with E-state index in [2.05, 4.69) is 12.6 Å². The average molecular weight is 191 g/mol. The molecule has 0 aliphatic carbocycles. The Morgan fingerprint density at radius 3 is 2.86 bits per heavy atom. The minimum Gasteiger partial charge on any atom is -0.494 e. The maximum absolute atomic E-state index is 5.57. The molecular weight excluding hydrogens is 174 g/mol. The first kappa shape index (κ1) is 10.8. The van der Waals surface area contributed by atoms with Crippen molar-refractivity contribution in [3.05, 3.63) is 42.0 Å². The van der Waals surface area contributed by atoms with Crippen molar-refractivity contribution < 1.29 is 4.74 Å². The topological polar surface area (TPSA) is 35.2 Å². The Hall–Kier alpha value is -1.28. The Balaban J connectivity index is 2.96. The molecule has 2 nitrogen and oxygen atoms in total. The quantitative estimate of drug-likeness (QED) is 0.725. The lowest BCUT2D eigenvalue weighted by molar-refractivity contribution is 0.337. The van der Waals surface area contributed by atoms with Crippen LogP contribution in [0.3, 0.4) is 0 Å². The third-order valence-corrected chi connectivity index (χ3v) is 2.02. The van der Waals surface area contributed by atoms with Gasteiger partial charge in [0.15, 0.2) is 0 Å². The summed E-state index contributed by atoms with van der Waals surface area (Å²) in [5.41, 5.74) is 7.86. The van der Waals surface area contributed by atoms with Gasteiger partial charge in [-0.1, -0.05) is 18.2 Å². The van der Waals surface area contributed by atoms with Crippen molar-refractivity contribution >= 4 is 0 Å². The van der Waals surface area contributed by atoms with Crippen molar-refractivity contribution in [3.63, 3.8) is 0 Å². The normalized spacial score (nSPS) is 9.86. The standard InChI is InChI=1S/C12H17NO/c1-3-5-11-8-10(9-13)6-7-12(11)14-4-2/h3,6-8H,1,4-5,9,13H2,2H3.